The summed E-state index contributed by atoms with van der Waals surface area (Å²) >= 11 is 0. The van der Waals surface area contributed by atoms with Crippen LogP contribution in [0.2, 0.25) is 0 Å². The number of carbonyl (C=O) groups excluding carboxylic acids is 1. The van der Waals surface area contributed by atoms with Crippen LogP contribution >= 0.6 is 0 Å². The van der Waals surface area contributed by atoms with Crippen LogP contribution in [-0.4, -0.2) is 55.0 Å². The zero-order valence-corrected chi connectivity index (χ0v) is 9.03. The quantitative estimate of drug-likeness (QED) is 0.523. The van der Waals surface area contributed by atoms with Crippen molar-refractivity contribution in [1.29, 1.82) is 0 Å². The van der Waals surface area contributed by atoms with Gasteiger partial charge in [-0.25, -0.2) is 4.79 Å². The summed E-state index contributed by atoms with van der Waals surface area (Å²) in [7, 11) is 2.04. The number of likely N-dealkylation sites (N-methyl/N-ethyl adjacent to an activating group) is 1. The lowest BCUT2D eigenvalue weighted by Gasteiger charge is -2.38. The average Bonchev–Trinajstić information content (AvgIpc) is 2.11. The minimum atomic E-state index is -0.177. The monoisotopic (exact) mass is 202 g/mol. The second kappa shape index (κ2) is 4.75. The first-order chi connectivity index (χ1) is 6.56. The third-order valence-electron chi connectivity index (χ3n) is 2.82. The van der Waals surface area contributed by atoms with Gasteiger partial charge in [0.15, 0.2) is 6.54 Å². The van der Waals surface area contributed by atoms with Gasteiger partial charge < -0.3 is 14.3 Å². The summed E-state index contributed by atoms with van der Waals surface area (Å²) in [6, 6.07) is 0. The molecule has 4 heteroatoms. The first-order valence-corrected chi connectivity index (χ1v) is 5.23. The highest BCUT2D eigenvalue weighted by Gasteiger charge is 2.31. The van der Waals surface area contributed by atoms with Gasteiger partial charge in [0.1, 0.15) is 0 Å². The first-order valence-electron chi connectivity index (χ1n) is 5.23. The summed E-state index contributed by atoms with van der Waals surface area (Å²) in [6.45, 7) is 4.42. The van der Waals surface area contributed by atoms with Crippen molar-refractivity contribution >= 4 is 5.97 Å². The Hall–Kier alpha value is -0.610. The van der Waals surface area contributed by atoms with Crippen molar-refractivity contribution in [3.8, 4) is 0 Å². The lowest BCUT2D eigenvalue weighted by Crippen LogP contribution is -2.53. The zero-order chi connectivity index (χ0) is 10.6. The average molecular weight is 202 g/mol. The van der Waals surface area contributed by atoms with Gasteiger partial charge in [-0.15, -0.1) is 0 Å². The summed E-state index contributed by atoms with van der Waals surface area (Å²) < 4.78 is 5.62. The molecule has 0 bridgehead atoms. The van der Waals surface area contributed by atoms with Crippen LogP contribution in [-0.2, 0) is 9.53 Å². The summed E-state index contributed by atoms with van der Waals surface area (Å²) in [6.07, 6.45) is 1.40. The van der Waals surface area contributed by atoms with Crippen LogP contribution in [0.1, 0.15) is 19.8 Å². The maximum atomic E-state index is 11.3. The van der Waals surface area contributed by atoms with Gasteiger partial charge in [0.05, 0.1) is 32.8 Å². The van der Waals surface area contributed by atoms with E-state index in [4.69, 9.17) is 4.74 Å². The molecule has 1 aliphatic rings. The molecule has 1 aliphatic heterocycles. The number of aliphatic hydroxyl groups excluding tert-OH is 1. The Morgan fingerprint density at radius 1 is 1.50 bits per heavy atom. The second-order valence-electron chi connectivity index (χ2n) is 4.26. The predicted molar refractivity (Wildman–Crippen MR) is 52.7 cm³/mol. The molecule has 0 saturated carbocycles. The van der Waals surface area contributed by atoms with E-state index < -0.39 is 0 Å². The molecule has 1 saturated heterocycles. The van der Waals surface area contributed by atoms with Crippen molar-refractivity contribution in [2.24, 2.45) is 0 Å². The molecule has 1 fully saturated rings. The van der Waals surface area contributed by atoms with E-state index >= 15 is 0 Å². The zero-order valence-electron chi connectivity index (χ0n) is 9.03. The molecule has 0 spiro atoms. The highest BCUT2D eigenvalue weighted by molar-refractivity contribution is 5.70. The van der Waals surface area contributed by atoms with E-state index in [1.807, 2.05) is 14.0 Å². The Labute approximate surface area is 85.1 Å². The third-order valence-corrected chi connectivity index (χ3v) is 2.82. The summed E-state index contributed by atoms with van der Waals surface area (Å²) in [4.78, 5) is 11.3. The van der Waals surface area contributed by atoms with Crippen LogP contribution in [0.25, 0.3) is 0 Å². The predicted octanol–water partition coefficient (Wildman–Crippen LogP) is 0.151. The molecule has 0 atom stereocenters. The SMILES string of the molecule is CCOC(=O)C[N+]1(C)CCC(O)CC1. The highest BCUT2D eigenvalue weighted by Crippen LogP contribution is 2.16. The maximum Gasteiger partial charge on any atom is 0.361 e. The van der Waals surface area contributed by atoms with Gasteiger partial charge in [0, 0.05) is 12.8 Å². The molecule has 0 unspecified atom stereocenters. The van der Waals surface area contributed by atoms with Crippen LogP contribution in [0, 0.1) is 0 Å². The first kappa shape index (κ1) is 11.5. The molecule has 14 heavy (non-hydrogen) atoms. The van der Waals surface area contributed by atoms with E-state index in [2.05, 4.69) is 0 Å². The fourth-order valence-electron chi connectivity index (χ4n) is 1.85. The number of hydrogen-bond donors (Lipinski definition) is 1. The van der Waals surface area contributed by atoms with Crippen molar-refractivity contribution in [3.05, 3.63) is 0 Å². The van der Waals surface area contributed by atoms with Gasteiger partial charge >= 0.3 is 5.97 Å². The Bertz CT molecular complexity index is 198. The molecule has 0 amide bonds. The molecule has 82 valence electrons. The van der Waals surface area contributed by atoms with Crippen molar-refractivity contribution < 1.29 is 19.1 Å². The van der Waals surface area contributed by atoms with Gasteiger partial charge in [-0.2, -0.15) is 0 Å². The fraction of sp³-hybridized carbons (Fsp3) is 0.900. The van der Waals surface area contributed by atoms with Crippen molar-refractivity contribution in [1.82, 2.24) is 0 Å². The maximum absolute atomic E-state index is 11.3. The van der Waals surface area contributed by atoms with Crippen LogP contribution in [0.3, 0.4) is 0 Å². The molecule has 0 aromatic heterocycles. The Morgan fingerprint density at radius 2 is 2.07 bits per heavy atom. The molecule has 0 radical (unpaired) electrons. The van der Waals surface area contributed by atoms with Crippen molar-refractivity contribution in [2.75, 3.05) is 33.3 Å². The number of aliphatic hydroxyl groups is 1. The van der Waals surface area contributed by atoms with Crippen LogP contribution < -0.4 is 0 Å². The van der Waals surface area contributed by atoms with Crippen molar-refractivity contribution in [2.45, 2.75) is 25.9 Å². The lowest BCUT2D eigenvalue weighted by atomic mass is 10.1. The molecule has 0 aromatic carbocycles. The Morgan fingerprint density at radius 3 is 2.57 bits per heavy atom. The minimum absolute atomic E-state index is 0.133. The van der Waals surface area contributed by atoms with Gasteiger partial charge in [-0.1, -0.05) is 0 Å². The Balaban J connectivity index is 2.38. The van der Waals surface area contributed by atoms with Crippen molar-refractivity contribution in [3.63, 3.8) is 0 Å². The standard InChI is InChI=1S/C10H20NO3/c1-3-14-10(13)8-11(2)6-4-9(12)5-7-11/h9,12H,3-8H2,1-2H3/q+1. The number of quaternary nitrogens is 1. The van der Waals surface area contributed by atoms with Gasteiger partial charge in [-0.3, -0.25) is 0 Å². The van der Waals surface area contributed by atoms with E-state index in [9.17, 15) is 9.90 Å². The summed E-state index contributed by atoms with van der Waals surface area (Å²) in [5.74, 6) is -0.133. The number of esters is 1. The molecule has 1 N–H and O–H groups in total. The molecule has 4 nitrogen and oxygen atoms in total. The number of hydrogen-bond acceptors (Lipinski definition) is 3. The normalized spacial score (nSPS) is 32.6. The minimum Gasteiger partial charge on any atom is -0.462 e. The summed E-state index contributed by atoms with van der Waals surface area (Å²) in [5.41, 5.74) is 0. The number of nitrogens with zero attached hydrogens (tertiary/aromatic N) is 1. The molecule has 1 rings (SSSR count). The van der Waals surface area contributed by atoms with E-state index in [1.54, 1.807) is 0 Å². The summed E-state index contributed by atoms with van der Waals surface area (Å²) in [5, 5.41) is 9.35. The molecule has 0 aromatic rings. The van der Waals surface area contributed by atoms with E-state index in [1.165, 1.54) is 0 Å². The number of rotatable bonds is 3. The van der Waals surface area contributed by atoms with Gasteiger partial charge in [-0.05, 0) is 6.92 Å². The largest absolute Gasteiger partial charge is 0.462 e. The number of ether oxygens (including phenoxy) is 1. The van der Waals surface area contributed by atoms with Gasteiger partial charge in [0.25, 0.3) is 0 Å². The van der Waals surface area contributed by atoms with Crippen LogP contribution in [0.5, 0.6) is 0 Å². The fourth-order valence-corrected chi connectivity index (χ4v) is 1.85. The van der Waals surface area contributed by atoms with Gasteiger partial charge in [0.2, 0.25) is 0 Å². The number of piperidine rings is 1. The molecule has 0 aliphatic carbocycles. The molecular weight excluding hydrogens is 182 g/mol. The smallest absolute Gasteiger partial charge is 0.361 e. The van der Waals surface area contributed by atoms with E-state index in [-0.39, 0.29) is 12.1 Å². The van der Waals surface area contributed by atoms with Crippen LogP contribution in [0.15, 0.2) is 0 Å². The highest BCUT2D eigenvalue weighted by atomic mass is 16.5. The molecule has 1 heterocycles. The van der Waals surface area contributed by atoms with E-state index in [0.717, 1.165) is 25.9 Å². The number of likely N-dealkylation sites (tertiary alicyclic amines) is 1. The molecular formula is C10H20NO3+. The number of carbonyl (C=O) groups is 1. The lowest BCUT2D eigenvalue weighted by molar-refractivity contribution is -0.908. The third kappa shape index (κ3) is 3.27. The topological polar surface area (TPSA) is 46.5 Å². The Kier molecular flexibility index (Phi) is 3.89. The van der Waals surface area contributed by atoms with E-state index in [0.29, 0.717) is 17.6 Å². The second-order valence-corrected chi connectivity index (χ2v) is 4.26. The van der Waals surface area contributed by atoms with Crippen LogP contribution in [0.4, 0.5) is 0 Å².